The summed E-state index contributed by atoms with van der Waals surface area (Å²) >= 11 is 0. The number of hydrogen-bond donors (Lipinski definition) is 0. The fourth-order valence-corrected chi connectivity index (χ4v) is 0. The van der Waals surface area contributed by atoms with Gasteiger partial charge in [0, 0.05) is 9.17 Å². The normalized spacial score (nSPS) is 3.00. The molecule has 0 spiro atoms. The minimum absolute atomic E-state index is 0. The van der Waals surface area contributed by atoms with Gasteiger partial charge < -0.3 is 19.5 Å². The SMILES string of the molecule is O=[Si]([O-])[O-].[K+].[K+].[K+].[OH-]. The van der Waals surface area contributed by atoms with Gasteiger partial charge in [-0.2, -0.15) is 0 Å². The van der Waals surface area contributed by atoms with Crippen molar-refractivity contribution in [3.05, 3.63) is 0 Å². The zero-order chi connectivity index (χ0) is 3.58. The van der Waals surface area contributed by atoms with Crippen LogP contribution < -0.4 is 164 Å². The fraction of sp³-hybridized carbons (Fsp3) is 0. The van der Waals surface area contributed by atoms with Crippen LogP contribution in [0.1, 0.15) is 0 Å². The molecule has 0 fully saturated rings. The third-order valence-corrected chi connectivity index (χ3v) is 0. The molecule has 8 heteroatoms. The Bertz CT molecular complexity index is 34.3. The minimum atomic E-state index is -3.63. The zero-order valence-electron chi connectivity index (χ0n) is 5.17. The van der Waals surface area contributed by atoms with Crippen molar-refractivity contribution in [2.24, 2.45) is 0 Å². The maximum Gasteiger partial charge on any atom is 1.00 e. The van der Waals surface area contributed by atoms with Gasteiger partial charge >= 0.3 is 154 Å². The molecule has 0 aromatic rings. The van der Waals surface area contributed by atoms with Gasteiger partial charge in [0.05, 0.1) is 0 Å². The Balaban J connectivity index is -0.00000000750. The molecule has 0 aliphatic heterocycles. The molecule has 0 bridgehead atoms. The third kappa shape index (κ3) is 46.9. The van der Waals surface area contributed by atoms with Crippen LogP contribution in [-0.4, -0.2) is 14.6 Å². The molecule has 0 unspecified atom stereocenters. The summed E-state index contributed by atoms with van der Waals surface area (Å²) in [4.78, 5) is 17.0. The molecule has 8 heavy (non-hydrogen) atoms. The summed E-state index contributed by atoms with van der Waals surface area (Å²) in [5, 5.41) is 0. The second-order valence-corrected chi connectivity index (χ2v) is 0.750. The first-order chi connectivity index (χ1) is 1.73. The van der Waals surface area contributed by atoms with Gasteiger partial charge in [-0.15, -0.1) is 0 Å². The Morgan fingerprint density at radius 2 is 1.00 bits per heavy atom. The number of rotatable bonds is 0. The topological polar surface area (TPSA) is 93.2 Å². The van der Waals surface area contributed by atoms with Crippen molar-refractivity contribution >= 4 is 9.17 Å². The van der Waals surface area contributed by atoms with Crippen molar-refractivity contribution in [3.8, 4) is 0 Å². The molecule has 0 amide bonds. The molecular formula is HK3O4Si. The minimum Gasteiger partial charge on any atom is -0.870 e. The second-order valence-electron chi connectivity index (χ2n) is 0.250. The van der Waals surface area contributed by atoms with Crippen LogP contribution in [0, 0.1) is 0 Å². The predicted octanol–water partition coefficient (Wildman–Crippen LogP) is -12.0. The van der Waals surface area contributed by atoms with E-state index in [2.05, 4.69) is 0 Å². The summed E-state index contributed by atoms with van der Waals surface area (Å²) < 4.78 is 8.52. The molecule has 0 aromatic heterocycles. The van der Waals surface area contributed by atoms with E-state index in [4.69, 9.17) is 14.1 Å². The molecule has 0 saturated heterocycles. The maximum atomic E-state index is 8.52. The Morgan fingerprint density at radius 1 is 1.00 bits per heavy atom. The first-order valence-electron chi connectivity index (χ1n) is 0.612. The monoisotopic (exact) mass is 210 g/mol. The summed E-state index contributed by atoms with van der Waals surface area (Å²) in [5.74, 6) is 0. The standard InChI is InChI=1S/3K.O3Si.H2O/c;;;1-4(2)3;/h;;;;1H2/q3*+1;-2;/p-1. The molecular weight excluding hydrogens is 209 g/mol. The van der Waals surface area contributed by atoms with Gasteiger partial charge in [-0.25, -0.2) is 0 Å². The molecule has 4 nitrogen and oxygen atoms in total. The summed E-state index contributed by atoms with van der Waals surface area (Å²) in [5.41, 5.74) is 0. The van der Waals surface area contributed by atoms with Crippen LogP contribution in [0.25, 0.3) is 0 Å². The summed E-state index contributed by atoms with van der Waals surface area (Å²) in [7, 11) is -3.63. The fourth-order valence-electron chi connectivity index (χ4n) is 0. The largest absolute Gasteiger partial charge is 1.00 e. The van der Waals surface area contributed by atoms with Crippen LogP contribution in [0.4, 0.5) is 0 Å². The van der Waals surface area contributed by atoms with E-state index in [0.717, 1.165) is 0 Å². The van der Waals surface area contributed by atoms with E-state index in [9.17, 15) is 0 Å². The Morgan fingerprint density at radius 3 is 1.00 bits per heavy atom. The van der Waals surface area contributed by atoms with Gasteiger partial charge in [-0.05, 0) is 0 Å². The van der Waals surface area contributed by atoms with Crippen LogP contribution in [0.5, 0.6) is 0 Å². The first-order valence-corrected chi connectivity index (χ1v) is 1.84. The van der Waals surface area contributed by atoms with Crippen molar-refractivity contribution in [3.63, 3.8) is 0 Å². The van der Waals surface area contributed by atoms with Gasteiger partial charge in [-0.3, -0.25) is 0 Å². The van der Waals surface area contributed by atoms with E-state index in [1.54, 1.807) is 0 Å². The summed E-state index contributed by atoms with van der Waals surface area (Å²) in [6.07, 6.45) is 0. The molecule has 0 aromatic carbocycles. The van der Waals surface area contributed by atoms with Gasteiger partial charge in [0.1, 0.15) is 0 Å². The third-order valence-electron chi connectivity index (χ3n) is 0. The Hall–Kier alpha value is 4.49. The second kappa shape index (κ2) is 22.5. The molecule has 1 N–H and O–H groups in total. The molecule has 0 aliphatic rings. The van der Waals surface area contributed by atoms with E-state index in [-0.39, 0.29) is 160 Å². The quantitative estimate of drug-likeness (QED) is 0.371. The van der Waals surface area contributed by atoms with E-state index in [1.165, 1.54) is 0 Å². The summed E-state index contributed by atoms with van der Waals surface area (Å²) in [6.45, 7) is 0. The molecule has 0 atom stereocenters. The van der Waals surface area contributed by atoms with E-state index >= 15 is 0 Å². The Labute approximate surface area is 177 Å². The van der Waals surface area contributed by atoms with Crippen LogP contribution in [0.2, 0.25) is 0 Å². The van der Waals surface area contributed by atoms with Gasteiger partial charge in [-0.1, -0.05) is 0 Å². The van der Waals surface area contributed by atoms with Gasteiger partial charge in [0.15, 0.2) is 0 Å². The van der Waals surface area contributed by atoms with E-state index in [1.807, 2.05) is 0 Å². The van der Waals surface area contributed by atoms with Gasteiger partial charge in [0.25, 0.3) is 0 Å². The summed E-state index contributed by atoms with van der Waals surface area (Å²) in [6, 6.07) is 0. The zero-order valence-corrected chi connectivity index (χ0v) is 15.5. The van der Waals surface area contributed by atoms with Gasteiger partial charge in [0.2, 0.25) is 0 Å². The van der Waals surface area contributed by atoms with Crippen LogP contribution >= 0.6 is 0 Å². The molecule has 32 valence electrons. The van der Waals surface area contributed by atoms with Crippen molar-refractivity contribution in [2.45, 2.75) is 0 Å². The van der Waals surface area contributed by atoms with Crippen LogP contribution in [0.3, 0.4) is 0 Å². The molecule has 0 rings (SSSR count). The number of hydrogen-bond acceptors (Lipinski definition) is 4. The van der Waals surface area contributed by atoms with Crippen LogP contribution in [0.15, 0.2) is 0 Å². The Kier molecular flexibility index (Phi) is 82.8. The first kappa shape index (κ1) is 29.4. The maximum absolute atomic E-state index is 8.52. The van der Waals surface area contributed by atoms with Crippen LogP contribution in [-0.2, 0) is 4.46 Å². The average molecular weight is 210 g/mol. The smallest absolute Gasteiger partial charge is 0.870 e. The van der Waals surface area contributed by atoms with Crippen molar-refractivity contribution < 1.29 is 174 Å². The average Bonchev–Trinajstić information content (AvgIpc) is 0.811. The molecule has 0 saturated carbocycles. The van der Waals surface area contributed by atoms with E-state index in [0.29, 0.717) is 0 Å². The predicted molar refractivity (Wildman–Crippen MR) is 8.38 cm³/mol. The molecule has 0 heterocycles. The van der Waals surface area contributed by atoms with E-state index < -0.39 is 9.17 Å². The van der Waals surface area contributed by atoms with Crippen molar-refractivity contribution in [2.75, 3.05) is 0 Å². The molecule has 0 aliphatic carbocycles. The van der Waals surface area contributed by atoms with Crippen molar-refractivity contribution in [1.82, 2.24) is 0 Å². The van der Waals surface area contributed by atoms with Crippen molar-refractivity contribution in [1.29, 1.82) is 0 Å². The molecule has 0 radical (unpaired) electrons.